The van der Waals surface area contributed by atoms with Crippen LogP contribution >= 0.6 is 11.8 Å². The summed E-state index contributed by atoms with van der Waals surface area (Å²) in [6, 6.07) is 13.8. The molecule has 1 saturated heterocycles. The number of hydrogen-bond donors (Lipinski definition) is 1. The third kappa shape index (κ3) is 2.50. The predicted molar refractivity (Wildman–Crippen MR) is 89.2 cm³/mol. The number of halogens is 1. The van der Waals surface area contributed by atoms with Crippen LogP contribution in [0, 0.1) is 5.82 Å². The summed E-state index contributed by atoms with van der Waals surface area (Å²) in [7, 11) is 2.20. The highest BCUT2D eigenvalue weighted by Gasteiger charge is 2.36. The first-order chi connectivity index (χ1) is 10.7. The van der Waals surface area contributed by atoms with Crippen molar-refractivity contribution in [2.45, 2.75) is 28.2 Å². The first-order valence-corrected chi connectivity index (χ1v) is 8.54. The summed E-state index contributed by atoms with van der Waals surface area (Å²) in [6.07, 6.45) is 1.19. The summed E-state index contributed by atoms with van der Waals surface area (Å²) < 4.78 is 13.1. The summed E-state index contributed by atoms with van der Waals surface area (Å²) in [5.74, 6) is 0.400. The van der Waals surface area contributed by atoms with Crippen molar-refractivity contribution in [3.63, 3.8) is 0 Å². The molecule has 0 saturated carbocycles. The Balaban J connectivity index is 1.65. The Morgan fingerprint density at radius 1 is 1.18 bits per heavy atom. The molecule has 0 bridgehead atoms. The summed E-state index contributed by atoms with van der Waals surface area (Å²) in [6.45, 7) is 2.28. The lowest BCUT2D eigenvalue weighted by Gasteiger charge is -2.32. The van der Waals surface area contributed by atoms with Gasteiger partial charge in [0.05, 0.1) is 5.69 Å². The van der Waals surface area contributed by atoms with Crippen LogP contribution in [0.3, 0.4) is 0 Å². The van der Waals surface area contributed by atoms with E-state index in [-0.39, 0.29) is 5.82 Å². The van der Waals surface area contributed by atoms with Crippen LogP contribution in [0.15, 0.2) is 52.3 Å². The van der Waals surface area contributed by atoms with E-state index in [2.05, 4.69) is 35.5 Å². The van der Waals surface area contributed by atoms with Gasteiger partial charge in [0, 0.05) is 28.3 Å². The average molecular weight is 314 g/mol. The van der Waals surface area contributed by atoms with Gasteiger partial charge >= 0.3 is 0 Å². The number of piperidine rings is 1. The van der Waals surface area contributed by atoms with Crippen molar-refractivity contribution in [2.75, 3.05) is 25.5 Å². The molecule has 2 heterocycles. The number of rotatable bonds is 2. The van der Waals surface area contributed by atoms with Crippen LogP contribution in [0.25, 0.3) is 0 Å². The fourth-order valence-corrected chi connectivity index (χ4v) is 4.47. The zero-order chi connectivity index (χ0) is 15.1. The standard InChI is InChI=1S/C18H19FN2S/c1-21-10-9-16-15(11-21)14-3-2-4-17(18(14)20-16)22-13-7-5-12(19)6-8-13/h2-8,15-16,20H,9-11H2,1H3/t15?,16-/m0/s1. The van der Waals surface area contributed by atoms with Crippen molar-refractivity contribution >= 4 is 17.4 Å². The Morgan fingerprint density at radius 3 is 2.82 bits per heavy atom. The number of hydrogen-bond acceptors (Lipinski definition) is 3. The maximum absolute atomic E-state index is 13.1. The second kappa shape index (κ2) is 5.60. The smallest absolute Gasteiger partial charge is 0.123 e. The predicted octanol–water partition coefficient (Wildman–Crippen LogP) is 4.19. The number of nitrogens with zero attached hydrogens (tertiary/aromatic N) is 1. The highest BCUT2D eigenvalue weighted by Crippen LogP contribution is 2.45. The molecule has 2 aliphatic heterocycles. The summed E-state index contributed by atoms with van der Waals surface area (Å²) in [4.78, 5) is 4.72. The fourth-order valence-electron chi connectivity index (χ4n) is 3.51. The molecule has 1 N–H and O–H groups in total. The maximum Gasteiger partial charge on any atom is 0.123 e. The Labute approximate surface area is 134 Å². The van der Waals surface area contributed by atoms with E-state index < -0.39 is 0 Å². The van der Waals surface area contributed by atoms with Gasteiger partial charge in [-0.1, -0.05) is 23.9 Å². The zero-order valence-corrected chi connectivity index (χ0v) is 13.4. The van der Waals surface area contributed by atoms with Gasteiger partial charge in [0.15, 0.2) is 0 Å². The minimum Gasteiger partial charge on any atom is -0.380 e. The van der Waals surface area contributed by atoms with Crippen molar-refractivity contribution in [3.8, 4) is 0 Å². The van der Waals surface area contributed by atoms with Gasteiger partial charge in [-0.15, -0.1) is 0 Å². The molecular formula is C18H19FN2S. The minimum absolute atomic E-state index is 0.185. The molecular weight excluding hydrogens is 295 g/mol. The van der Waals surface area contributed by atoms with E-state index >= 15 is 0 Å². The van der Waals surface area contributed by atoms with Gasteiger partial charge in [0.25, 0.3) is 0 Å². The average Bonchev–Trinajstić information content (AvgIpc) is 2.89. The number of anilines is 1. The Hall–Kier alpha value is -1.52. The van der Waals surface area contributed by atoms with Gasteiger partial charge < -0.3 is 10.2 Å². The van der Waals surface area contributed by atoms with Gasteiger partial charge in [-0.2, -0.15) is 0 Å². The highest BCUT2D eigenvalue weighted by molar-refractivity contribution is 7.99. The largest absolute Gasteiger partial charge is 0.380 e. The van der Waals surface area contributed by atoms with Gasteiger partial charge in [-0.25, -0.2) is 4.39 Å². The van der Waals surface area contributed by atoms with E-state index in [9.17, 15) is 4.39 Å². The summed E-state index contributed by atoms with van der Waals surface area (Å²) in [5.41, 5.74) is 2.71. The van der Waals surface area contributed by atoms with Crippen LogP contribution in [-0.2, 0) is 0 Å². The first kappa shape index (κ1) is 14.1. The molecule has 22 heavy (non-hydrogen) atoms. The summed E-state index contributed by atoms with van der Waals surface area (Å²) in [5, 5.41) is 3.74. The Morgan fingerprint density at radius 2 is 2.00 bits per heavy atom. The molecule has 0 aliphatic carbocycles. The molecule has 0 radical (unpaired) electrons. The number of nitrogens with one attached hydrogen (secondary N) is 1. The van der Waals surface area contributed by atoms with Gasteiger partial charge in [-0.3, -0.25) is 0 Å². The van der Waals surface area contributed by atoms with Crippen LogP contribution in [0.5, 0.6) is 0 Å². The highest BCUT2D eigenvalue weighted by atomic mass is 32.2. The molecule has 2 atom stereocenters. The maximum atomic E-state index is 13.1. The molecule has 2 nitrogen and oxygen atoms in total. The lowest BCUT2D eigenvalue weighted by atomic mass is 9.90. The molecule has 114 valence electrons. The van der Waals surface area contributed by atoms with E-state index in [4.69, 9.17) is 0 Å². The number of likely N-dealkylation sites (tertiary alicyclic amines) is 1. The van der Waals surface area contributed by atoms with Gasteiger partial charge in [-0.05, 0) is 55.9 Å². The van der Waals surface area contributed by atoms with E-state index in [0.29, 0.717) is 12.0 Å². The Kier molecular flexibility index (Phi) is 3.59. The first-order valence-electron chi connectivity index (χ1n) is 7.72. The van der Waals surface area contributed by atoms with Crippen molar-refractivity contribution in [1.82, 2.24) is 4.90 Å². The number of fused-ring (bicyclic) bond motifs is 3. The van der Waals surface area contributed by atoms with E-state index in [1.54, 1.807) is 11.8 Å². The van der Waals surface area contributed by atoms with Crippen molar-refractivity contribution in [3.05, 3.63) is 53.8 Å². The molecule has 0 amide bonds. The Bertz CT molecular complexity index is 686. The van der Waals surface area contributed by atoms with E-state index in [0.717, 1.165) is 18.0 Å². The lowest BCUT2D eigenvalue weighted by Crippen LogP contribution is -2.39. The second-order valence-corrected chi connectivity index (χ2v) is 7.30. The molecule has 0 aromatic heterocycles. The van der Waals surface area contributed by atoms with Crippen LogP contribution in [0.1, 0.15) is 17.9 Å². The van der Waals surface area contributed by atoms with Crippen molar-refractivity contribution < 1.29 is 4.39 Å². The molecule has 2 aromatic carbocycles. The van der Waals surface area contributed by atoms with Crippen LogP contribution in [0.4, 0.5) is 10.1 Å². The monoisotopic (exact) mass is 314 g/mol. The van der Waals surface area contributed by atoms with Gasteiger partial charge in [0.2, 0.25) is 0 Å². The molecule has 1 fully saturated rings. The fraction of sp³-hybridized carbons (Fsp3) is 0.333. The molecule has 4 rings (SSSR count). The third-order valence-electron chi connectivity index (χ3n) is 4.65. The minimum atomic E-state index is -0.185. The quantitative estimate of drug-likeness (QED) is 0.895. The summed E-state index contributed by atoms with van der Waals surface area (Å²) >= 11 is 1.71. The molecule has 2 aromatic rings. The molecule has 0 spiro atoms. The van der Waals surface area contributed by atoms with Crippen LogP contribution in [-0.4, -0.2) is 31.1 Å². The lowest BCUT2D eigenvalue weighted by molar-refractivity contribution is 0.243. The van der Waals surface area contributed by atoms with E-state index in [1.807, 2.05) is 12.1 Å². The van der Waals surface area contributed by atoms with Crippen molar-refractivity contribution in [1.29, 1.82) is 0 Å². The third-order valence-corrected chi connectivity index (χ3v) is 5.71. The van der Waals surface area contributed by atoms with Crippen LogP contribution < -0.4 is 5.32 Å². The topological polar surface area (TPSA) is 15.3 Å². The SMILES string of the molecule is CN1CC[C@@H]2Nc3c(Sc4ccc(F)cc4)cccc3C2C1. The second-order valence-electron chi connectivity index (χ2n) is 6.18. The number of para-hydroxylation sites is 1. The van der Waals surface area contributed by atoms with E-state index in [1.165, 1.54) is 34.7 Å². The molecule has 4 heteroatoms. The normalized spacial score (nSPS) is 23.7. The number of likely N-dealkylation sites (N-methyl/N-ethyl adjacent to an activating group) is 1. The number of benzene rings is 2. The van der Waals surface area contributed by atoms with Gasteiger partial charge in [0.1, 0.15) is 5.82 Å². The zero-order valence-electron chi connectivity index (χ0n) is 12.6. The van der Waals surface area contributed by atoms with Crippen molar-refractivity contribution in [2.24, 2.45) is 0 Å². The van der Waals surface area contributed by atoms with Crippen LogP contribution in [0.2, 0.25) is 0 Å². The molecule has 2 aliphatic rings. The molecule has 1 unspecified atom stereocenters.